The summed E-state index contributed by atoms with van der Waals surface area (Å²) in [5, 5.41) is 0.278. The van der Waals surface area contributed by atoms with Crippen LogP contribution < -0.4 is 5.73 Å². The molecule has 0 spiro atoms. The summed E-state index contributed by atoms with van der Waals surface area (Å²) in [6, 6.07) is 4.85. The zero-order chi connectivity index (χ0) is 13.4. The van der Waals surface area contributed by atoms with Crippen LogP contribution in [0.4, 0.5) is 5.69 Å². The first-order chi connectivity index (χ1) is 8.66. The van der Waals surface area contributed by atoms with Gasteiger partial charge in [-0.15, -0.1) is 0 Å². The Morgan fingerprint density at radius 1 is 1.28 bits per heavy atom. The average molecular weight is 274 g/mol. The van der Waals surface area contributed by atoms with Crippen molar-refractivity contribution in [1.82, 2.24) is 0 Å². The number of anilines is 1. The Labute approximate surface area is 111 Å². The van der Waals surface area contributed by atoms with Crippen molar-refractivity contribution in [2.45, 2.75) is 0 Å². The van der Waals surface area contributed by atoms with Crippen molar-refractivity contribution >= 4 is 23.3 Å². The van der Waals surface area contributed by atoms with Crippen molar-refractivity contribution in [3.8, 4) is 0 Å². The van der Waals surface area contributed by atoms with E-state index in [4.69, 9.17) is 31.5 Å². The third-order valence-electron chi connectivity index (χ3n) is 2.14. The number of hydrogen-bond donors (Lipinski definition) is 1. The summed E-state index contributed by atoms with van der Waals surface area (Å²) >= 11 is 5.88. The number of ether oxygens (including phenoxy) is 3. The number of nitrogens with two attached hydrogens (primary N) is 1. The Bertz CT molecular complexity index is 377. The summed E-state index contributed by atoms with van der Waals surface area (Å²) in [5.41, 5.74) is 6.15. The summed E-state index contributed by atoms with van der Waals surface area (Å²) < 4.78 is 15.0. The van der Waals surface area contributed by atoms with Crippen molar-refractivity contribution in [1.29, 1.82) is 0 Å². The number of methoxy groups -OCH3 is 1. The van der Waals surface area contributed by atoms with Crippen LogP contribution in [0.3, 0.4) is 0 Å². The minimum absolute atomic E-state index is 0.146. The van der Waals surface area contributed by atoms with E-state index in [1.807, 2.05) is 0 Å². The maximum absolute atomic E-state index is 11.7. The molecular formula is C12H16ClNO4. The van der Waals surface area contributed by atoms with Crippen molar-refractivity contribution in [2.75, 3.05) is 39.3 Å². The number of carbonyl (C=O) groups is 1. The number of hydrogen-bond acceptors (Lipinski definition) is 5. The lowest BCUT2D eigenvalue weighted by molar-refractivity contribution is 0.0214. The first-order valence-electron chi connectivity index (χ1n) is 5.44. The Morgan fingerprint density at radius 3 is 2.67 bits per heavy atom. The Hall–Kier alpha value is -1.30. The SMILES string of the molecule is COCCOCCOC(=O)c1c(N)cccc1Cl. The van der Waals surface area contributed by atoms with Crippen LogP contribution in [0.2, 0.25) is 5.02 Å². The van der Waals surface area contributed by atoms with Gasteiger partial charge in [0, 0.05) is 12.8 Å². The molecule has 0 amide bonds. The van der Waals surface area contributed by atoms with Crippen LogP contribution in [-0.4, -0.2) is 39.5 Å². The molecule has 2 N–H and O–H groups in total. The molecule has 1 aromatic carbocycles. The van der Waals surface area contributed by atoms with E-state index in [0.29, 0.717) is 25.5 Å². The Morgan fingerprint density at radius 2 is 2.00 bits per heavy atom. The lowest BCUT2D eigenvalue weighted by Crippen LogP contribution is -2.14. The molecule has 0 aliphatic heterocycles. The summed E-state index contributed by atoms with van der Waals surface area (Å²) in [6.07, 6.45) is 0. The minimum atomic E-state index is -0.548. The number of nitrogen functional groups attached to an aromatic ring is 1. The number of esters is 1. The van der Waals surface area contributed by atoms with Crippen LogP contribution in [0, 0.1) is 0 Å². The van der Waals surface area contributed by atoms with E-state index in [-0.39, 0.29) is 17.2 Å². The monoisotopic (exact) mass is 273 g/mol. The summed E-state index contributed by atoms with van der Waals surface area (Å²) in [4.78, 5) is 11.7. The highest BCUT2D eigenvalue weighted by atomic mass is 35.5. The molecule has 18 heavy (non-hydrogen) atoms. The predicted molar refractivity (Wildman–Crippen MR) is 68.8 cm³/mol. The molecular weight excluding hydrogens is 258 g/mol. The molecule has 0 unspecified atom stereocenters. The lowest BCUT2D eigenvalue weighted by atomic mass is 10.2. The van der Waals surface area contributed by atoms with Crippen LogP contribution in [0.15, 0.2) is 18.2 Å². The van der Waals surface area contributed by atoms with Crippen molar-refractivity contribution in [2.24, 2.45) is 0 Å². The highest BCUT2D eigenvalue weighted by Crippen LogP contribution is 2.22. The zero-order valence-corrected chi connectivity index (χ0v) is 10.9. The molecule has 0 bridgehead atoms. The standard InChI is InChI=1S/C12H16ClNO4/c1-16-5-6-17-7-8-18-12(15)11-9(13)3-2-4-10(11)14/h2-4H,5-8,14H2,1H3. The number of carbonyl (C=O) groups excluding carboxylic acids is 1. The van der Waals surface area contributed by atoms with Crippen LogP contribution in [-0.2, 0) is 14.2 Å². The van der Waals surface area contributed by atoms with Gasteiger partial charge in [0.2, 0.25) is 0 Å². The van der Waals surface area contributed by atoms with Gasteiger partial charge in [0.25, 0.3) is 0 Å². The van der Waals surface area contributed by atoms with Gasteiger partial charge in [0.1, 0.15) is 12.2 Å². The molecule has 1 rings (SSSR count). The van der Waals surface area contributed by atoms with Crippen LogP contribution in [0.5, 0.6) is 0 Å². The van der Waals surface area contributed by atoms with Crippen LogP contribution in [0.1, 0.15) is 10.4 Å². The second-order valence-corrected chi connectivity index (χ2v) is 3.85. The van der Waals surface area contributed by atoms with Gasteiger partial charge < -0.3 is 19.9 Å². The summed E-state index contributed by atoms with van der Waals surface area (Å²) in [7, 11) is 1.59. The van der Waals surface area contributed by atoms with Gasteiger partial charge >= 0.3 is 5.97 Å². The molecule has 0 aromatic heterocycles. The average Bonchev–Trinajstić information content (AvgIpc) is 2.33. The van der Waals surface area contributed by atoms with Gasteiger partial charge in [-0.2, -0.15) is 0 Å². The van der Waals surface area contributed by atoms with Crippen molar-refractivity contribution in [3.05, 3.63) is 28.8 Å². The van der Waals surface area contributed by atoms with Crippen molar-refractivity contribution in [3.63, 3.8) is 0 Å². The molecule has 5 nitrogen and oxygen atoms in total. The quantitative estimate of drug-likeness (QED) is 0.465. The Kier molecular flexibility index (Phi) is 6.49. The highest BCUT2D eigenvalue weighted by Gasteiger charge is 2.14. The number of rotatable bonds is 7. The molecule has 0 saturated heterocycles. The second-order valence-electron chi connectivity index (χ2n) is 3.45. The topological polar surface area (TPSA) is 70.8 Å². The van der Waals surface area contributed by atoms with Gasteiger partial charge in [-0.1, -0.05) is 17.7 Å². The van der Waals surface area contributed by atoms with Crippen molar-refractivity contribution < 1.29 is 19.0 Å². The number of halogens is 1. The lowest BCUT2D eigenvalue weighted by Gasteiger charge is -2.08. The Balaban J connectivity index is 2.37. The molecule has 0 atom stereocenters. The van der Waals surface area contributed by atoms with Gasteiger partial charge in [0.15, 0.2) is 0 Å². The van der Waals surface area contributed by atoms with Crippen LogP contribution >= 0.6 is 11.6 Å². The molecule has 0 aliphatic carbocycles. The molecule has 1 aromatic rings. The van der Waals surface area contributed by atoms with E-state index < -0.39 is 5.97 Å². The molecule has 0 aliphatic rings. The largest absolute Gasteiger partial charge is 0.460 e. The summed E-state index contributed by atoms with van der Waals surface area (Å²) in [5.74, 6) is -0.548. The fraction of sp³-hybridized carbons (Fsp3) is 0.417. The van der Waals surface area contributed by atoms with Gasteiger partial charge in [-0.25, -0.2) is 4.79 Å². The maximum Gasteiger partial charge on any atom is 0.341 e. The fourth-order valence-electron chi connectivity index (χ4n) is 1.27. The van der Waals surface area contributed by atoms with Gasteiger partial charge in [-0.05, 0) is 12.1 Å². The third-order valence-corrected chi connectivity index (χ3v) is 2.46. The molecule has 6 heteroatoms. The van der Waals surface area contributed by atoms with E-state index in [2.05, 4.69) is 0 Å². The van der Waals surface area contributed by atoms with E-state index in [1.54, 1.807) is 25.3 Å². The van der Waals surface area contributed by atoms with E-state index >= 15 is 0 Å². The molecule has 100 valence electrons. The normalized spacial score (nSPS) is 10.3. The molecule has 0 saturated carbocycles. The van der Waals surface area contributed by atoms with E-state index in [0.717, 1.165) is 0 Å². The van der Waals surface area contributed by atoms with Crippen LogP contribution in [0.25, 0.3) is 0 Å². The first kappa shape index (κ1) is 14.8. The minimum Gasteiger partial charge on any atom is -0.460 e. The zero-order valence-electron chi connectivity index (χ0n) is 10.1. The maximum atomic E-state index is 11.7. The second kappa shape index (κ2) is 7.92. The molecule has 0 heterocycles. The smallest absolute Gasteiger partial charge is 0.341 e. The fourth-order valence-corrected chi connectivity index (χ4v) is 1.52. The first-order valence-corrected chi connectivity index (χ1v) is 5.82. The van der Waals surface area contributed by atoms with E-state index in [1.165, 1.54) is 0 Å². The number of benzene rings is 1. The predicted octanol–water partition coefficient (Wildman–Crippen LogP) is 1.74. The molecule has 0 radical (unpaired) electrons. The molecule has 0 fully saturated rings. The van der Waals surface area contributed by atoms with Gasteiger partial charge in [-0.3, -0.25) is 0 Å². The van der Waals surface area contributed by atoms with Gasteiger partial charge in [0.05, 0.1) is 24.8 Å². The highest BCUT2D eigenvalue weighted by molar-refractivity contribution is 6.34. The van der Waals surface area contributed by atoms with E-state index in [9.17, 15) is 4.79 Å². The summed E-state index contributed by atoms with van der Waals surface area (Å²) in [6.45, 7) is 1.42. The third kappa shape index (κ3) is 4.52.